The Labute approximate surface area is 78.3 Å². The van der Waals surface area contributed by atoms with Crippen LogP contribution in [0.25, 0.3) is 0 Å². The predicted molar refractivity (Wildman–Crippen MR) is 49.3 cm³/mol. The molecule has 13 heavy (non-hydrogen) atoms. The van der Waals surface area contributed by atoms with Crippen molar-refractivity contribution < 1.29 is 18.3 Å². The van der Waals surface area contributed by atoms with Crippen LogP contribution in [0.2, 0.25) is 0 Å². The fourth-order valence-corrected chi connectivity index (χ4v) is 1.09. The van der Waals surface area contributed by atoms with Crippen LogP contribution >= 0.6 is 0 Å². The SMILES string of the molecule is CCC[C@H](NCC=S(=O)=O)C(=O)O. The van der Waals surface area contributed by atoms with Gasteiger partial charge in [-0.25, -0.2) is 0 Å². The summed E-state index contributed by atoms with van der Waals surface area (Å²) in [7, 11) is -2.23. The van der Waals surface area contributed by atoms with Crippen LogP contribution < -0.4 is 5.32 Å². The van der Waals surface area contributed by atoms with Crippen molar-refractivity contribution in [3.63, 3.8) is 0 Å². The Morgan fingerprint density at radius 3 is 2.62 bits per heavy atom. The Kier molecular flexibility index (Phi) is 6.17. The molecule has 0 aliphatic rings. The lowest BCUT2D eigenvalue weighted by atomic mass is 10.2. The van der Waals surface area contributed by atoms with Crippen LogP contribution in [0.5, 0.6) is 0 Å². The number of rotatable bonds is 6. The molecule has 0 rings (SSSR count). The number of carboxylic acids is 1. The number of hydrogen-bond donors (Lipinski definition) is 2. The van der Waals surface area contributed by atoms with Crippen molar-refractivity contribution in [1.29, 1.82) is 0 Å². The molecule has 0 amide bonds. The summed E-state index contributed by atoms with van der Waals surface area (Å²) < 4.78 is 20.1. The minimum Gasteiger partial charge on any atom is -0.480 e. The molecule has 1 atom stereocenters. The van der Waals surface area contributed by atoms with Gasteiger partial charge in [0.05, 0.1) is 0 Å². The summed E-state index contributed by atoms with van der Waals surface area (Å²) >= 11 is 0. The molecule has 0 bridgehead atoms. The van der Waals surface area contributed by atoms with Crippen LogP contribution in [0.1, 0.15) is 19.8 Å². The summed E-state index contributed by atoms with van der Waals surface area (Å²) in [5, 5.41) is 12.2. The number of aliphatic carboxylic acids is 1. The summed E-state index contributed by atoms with van der Waals surface area (Å²) in [6.45, 7) is 1.93. The number of carbonyl (C=O) groups is 1. The average molecular weight is 207 g/mol. The van der Waals surface area contributed by atoms with Crippen LogP contribution in [0.15, 0.2) is 0 Å². The van der Waals surface area contributed by atoms with Crippen molar-refractivity contribution in [1.82, 2.24) is 5.32 Å². The molecule has 0 unspecified atom stereocenters. The number of hydrogen-bond acceptors (Lipinski definition) is 4. The standard InChI is InChI=1S/C7H13NO4S/c1-2-3-6(7(9)10)8-4-5-13(11)12/h5-6,8H,2-4H2,1H3,(H,9,10)/t6-/m0/s1. The van der Waals surface area contributed by atoms with Gasteiger partial charge in [-0.1, -0.05) is 13.3 Å². The molecule has 0 heterocycles. The largest absolute Gasteiger partial charge is 0.480 e. The van der Waals surface area contributed by atoms with E-state index in [0.29, 0.717) is 6.42 Å². The monoisotopic (exact) mass is 207 g/mol. The van der Waals surface area contributed by atoms with Crippen molar-refractivity contribution in [2.24, 2.45) is 0 Å². The van der Waals surface area contributed by atoms with E-state index in [-0.39, 0.29) is 6.54 Å². The normalized spacial score (nSPS) is 12.1. The molecule has 0 aliphatic heterocycles. The molecule has 0 aromatic heterocycles. The third kappa shape index (κ3) is 6.30. The first kappa shape index (κ1) is 12.1. The molecule has 0 spiro atoms. The molecule has 5 nitrogen and oxygen atoms in total. The molecule has 0 radical (unpaired) electrons. The van der Waals surface area contributed by atoms with Gasteiger partial charge in [-0.3, -0.25) is 10.1 Å². The fraction of sp³-hybridized carbons (Fsp3) is 0.714. The van der Waals surface area contributed by atoms with Gasteiger partial charge < -0.3 is 5.11 Å². The first-order valence-electron chi connectivity index (χ1n) is 3.95. The maximum absolute atomic E-state index is 10.5. The Bertz CT molecular complexity index is 275. The van der Waals surface area contributed by atoms with Crippen LogP contribution in [0.3, 0.4) is 0 Å². The van der Waals surface area contributed by atoms with E-state index in [9.17, 15) is 13.2 Å². The average Bonchev–Trinajstić information content (AvgIpc) is 2.02. The van der Waals surface area contributed by atoms with Crippen molar-refractivity contribution in [2.45, 2.75) is 25.8 Å². The van der Waals surface area contributed by atoms with Gasteiger partial charge in [0.25, 0.3) is 0 Å². The molecular weight excluding hydrogens is 194 g/mol. The second-order valence-electron chi connectivity index (χ2n) is 2.51. The smallest absolute Gasteiger partial charge is 0.320 e. The molecule has 0 saturated heterocycles. The minimum absolute atomic E-state index is 0.0626. The summed E-state index contributed by atoms with van der Waals surface area (Å²) in [5.74, 6) is -0.952. The summed E-state index contributed by atoms with van der Waals surface area (Å²) in [5.41, 5.74) is 0. The maximum atomic E-state index is 10.5. The lowest BCUT2D eigenvalue weighted by Gasteiger charge is -2.10. The molecule has 0 fully saturated rings. The number of carboxylic acid groups (broad SMARTS) is 1. The van der Waals surface area contributed by atoms with Crippen molar-refractivity contribution in [3.05, 3.63) is 0 Å². The Morgan fingerprint density at radius 1 is 1.62 bits per heavy atom. The molecule has 2 N–H and O–H groups in total. The highest BCUT2D eigenvalue weighted by Gasteiger charge is 2.13. The van der Waals surface area contributed by atoms with Crippen LogP contribution in [-0.2, 0) is 15.1 Å². The Balaban J connectivity index is 3.96. The van der Waals surface area contributed by atoms with Crippen LogP contribution in [-0.4, -0.2) is 37.4 Å². The van der Waals surface area contributed by atoms with E-state index < -0.39 is 22.3 Å². The van der Waals surface area contributed by atoms with Gasteiger partial charge in [-0.2, -0.15) is 8.42 Å². The quantitative estimate of drug-likeness (QED) is 0.574. The molecule has 6 heteroatoms. The van der Waals surface area contributed by atoms with Crippen molar-refractivity contribution in [3.8, 4) is 0 Å². The first-order chi connectivity index (χ1) is 6.07. The van der Waals surface area contributed by atoms with Crippen molar-refractivity contribution in [2.75, 3.05) is 6.54 Å². The zero-order valence-electron chi connectivity index (χ0n) is 7.36. The molecular formula is C7H13NO4S. The Hall–Kier alpha value is -0.880. The van der Waals surface area contributed by atoms with Gasteiger partial charge in [0.15, 0.2) is 0 Å². The van der Waals surface area contributed by atoms with E-state index in [1.54, 1.807) is 0 Å². The molecule has 0 aromatic rings. The van der Waals surface area contributed by atoms with E-state index in [1.165, 1.54) is 0 Å². The van der Waals surface area contributed by atoms with Crippen LogP contribution in [0, 0.1) is 0 Å². The molecule has 0 saturated carbocycles. The summed E-state index contributed by atoms with van der Waals surface area (Å²) in [6, 6.07) is -0.662. The summed E-state index contributed by atoms with van der Waals surface area (Å²) in [6.07, 6.45) is 1.24. The Morgan fingerprint density at radius 2 is 2.23 bits per heavy atom. The zero-order valence-corrected chi connectivity index (χ0v) is 8.17. The highest BCUT2D eigenvalue weighted by atomic mass is 32.2. The second-order valence-corrected chi connectivity index (χ2v) is 3.37. The van der Waals surface area contributed by atoms with E-state index >= 15 is 0 Å². The minimum atomic E-state index is -2.23. The second kappa shape index (κ2) is 6.62. The van der Waals surface area contributed by atoms with Gasteiger partial charge in [0, 0.05) is 11.9 Å². The summed E-state index contributed by atoms with van der Waals surface area (Å²) in [4.78, 5) is 10.5. The van der Waals surface area contributed by atoms with E-state index in [1.807, 2.05) is 6.92 Å². The number of nitrogens with one attached hydrogen (secondary N) is 1. The van der Waals surface area contributed by atoms with Gasteiger partial charge in [-0.05, 0) is 6.42 Å². The van der Waals surface area contributed by atoms with Crippen molar-refractivity contribution >= 4 is 21.6 Å². The highest BCUT2D eigenvalue weighted by Crippen LogP contribution is 1.95. The van der Waals surface area contributed by atoms with Crippen LogP contribution in [0.4, 0.5) is 0 Å². The lowest BCUT2D eigenvalue weighted by molar-refractivity contribution is -0.139. The molecule has 76 valence electrons. The predicted octanol–water partition coefficient (Wildman–Crippen LogP) is -0.489. The lowest BCUT2D eigenvalue weighted by Crippen LogP contribution is -2.37. The van der Waals surface area contributed by atoms with Gasteiger partial charge >= 0.3 is 5.97 Å². The third-order valence-electron chi connectivity index (χ3n) is 1.46. The van der Waals surface area contributed by atoms with Gasteiger partial charge in [0.1, 0.15) is 6.04 Å². The van der Waals surface area contributed by atoms with E-state index in [4.69, 9.17) is 5.11 Å². The molecule has 0 aliphatic carbocycles. The van der Waals surface area contributed by atoms with E-state index in [0.717, 1.165) is 11.8 Å². The van der Waals surface area contributed by atoms with Gasteiger partial charge in [0.2, 0.25) is 10.3 Å². The first-order valence-corrected chi connectivity index (χ1v) is 5.09. The maximum Gasteiger partial charge on any atom is 0.320 e. The molecule has 0 aromatic carbocycles. The third-order valence-corrected chi connectivity index (χ3v) is 1.90. The van der Waals surface area contributed by atoms with Gasteiger partial charge in [-0.15, -0.1) is 0 Å². The fourth-order valence-electron chi connectivity index (χ4n) is 0.860. The topological polar surface area (TPSA) is 83.5 Å². The van der Waals surface area contributed by atoms with E-state index in [2.05, 4.69) is 5.32 Å². The zero-order chi connectivity index (χ0) is 10.3. The highest BCUT2D eigenvalue weighted by molar-refractivity contribution is 7.71.